The average molecular weight is 235 g/mol. The number of benzene rings is 1. The minimum atomic E-state index is 0.245. The van der Waals surface area contributed by atoms with Crippen LogP contribution in [0, 0.1) is 13.8 Å². The molecule has 1 rings (SSSR count). The van der Waals surface area contributed by atoms with Crippen molar-refractivity contribution in [2.45, 2.75) is 40.2 Å². The highest BCUT2D eigenvalue weighted by molar-refractivity contribution is 5.30. The van der Waals surface area contributed by atoms with Gasteiger partial charge < -0.3 is 5.11 Å². The number of aliphatic hydroxyl groups is 1. The van der Waals surface area contributed by atoms with Crippen LogP contribution in [0.5, 0.6) is 0 Å². The third-order valence-corrected chi connectivity index (χ3v) is 3.14. The molecule has 0 saturated heterocycles. The summed E-state index contributed by atoms with van der Waals surface area (Å²) >= 11 is 0. The van der Waals surface area contributed by atoms with Crippen molar-refractivity contribution in [1.82, 2.24) is 4.90 Å². The monoisotopic (exact) mass is 235 g/mol. The van der Waals surface area contributed by atoms with Crippen molar-refractivity contribution >= 4 is 0 Å². The van der Waals surface area contributed by atoms with Crippen molar-refractivity contribution in [2.75, 3.05) is 19.7 Å². The molecule has 0 bridgehead atoms. The Kier molecular flexibility index (Phi) is 6.23. The molecule has 1 aromatic rings. The van der Waals surface area contributed by atoms with E-state index in [0.29, 0.717) is 0 Å². The number of unbranched alkanes of at least 4 members (excludes halogenated alkanes) is 1. The van der Waals surface area contributed by atoms with Crippen LogP contribution in [0.4, 0.5) is 0 Å². The first kappa shape index (κ1) is 14.2. The molecule has 0 amide bonds. The van der Waals surface area contributed by atoms with E-state index in [4.69, 9.17) is 5.11 Å². The second kappa shape index (κ2) is 7.46. The Labute approximate surface area is 105 Å². The summed E-state index contributed by atoms with van der Waals surface area (Å²) in [5.41, 5.74) is 4.04. The van der Waals surface area contributed by atoms with Gasteiger partial charge in [0.05, 0.1) is 6.61 Å². The predicted molar refractivity (Wildman–Crippen MR) is 73.2 cm³/mol. The molecule has 0 aliphatic rings. The molecule has 0 aliphatic heterocycles. The van der Waals surface area contributed by atoms with Crippen molar-refractivity contribution in [1.29, 1.82) is 0 Å². The largest absolute Gasteiger partial charge is 0.395 e. The van der Waals surface area contributed by atoms with Crippen LogP contribution in [0.15, 0.2) is 18.2 Å². The summed E-state index contributed by atoms with van der Waals surface area (Å²) in [7, 11) is 0. The van der Waals surface area contributed by atoms with E-state index in [1.54, 1.807) is 0 Å². The maximum absolute atomic E-state index is 9.10. The zero-order valence-corrected chi connectivity index (χ0v) is 11.4. The second-order valence-electron chi connectivity index (χ2n) is 4.78. The van der Waals surface area contributed by atoms with Crippen molar-refractivity contribution in [2.24, 2.45) is 0 Å². The lowest BCUT2D eigenvalue weighted by molar-refractivity contribution is 0.188. The quantitative estimate of drug-likeness (QED) is 0.785. The van der Waals surface area contributed by atoms with Gasteiger partial charge in [0.15, 0.2) is 0 Å². The smallest absolute Gasteiger partial charge is 0.0558 e. The van der Waals surface area contributed by atoms with Gasteiger partial charge in [-0.1, -0.05) is 37.1 Å². The van der Waals surface area contributed by atoms with Gasteiger partial charge in [0, 0.05) is 13.1 Å². The van der Waals surface area contributed by atoms with Crippen LogP contribution in [0.1, 0.15) is 36.5 Å². The standard InChI is InChI=1S/C15H25NO/c1-4-5-8-16(9-10-17)12-15-11-13(2)6-7-14(15)3/h6-7,11,17H,4-5,8-10,12H2,1-3H3. The van der Waals surface area contributed by atoms with Gasteiger partial charge in [0.25, 0.3) is 0 Å². The molecule has 0 aromatic heterocycles. The molecule has 96 valence electrons. The Hall–Kier alpha value is -0.860. The summed E-state index contributed by atoms with van der Waals surface area (Å²) in [4.78, 5) is 2.34. The molecule has 0 fully saturated rings. The van der Waals surface area contributed by atoms with Crippen LogP contribution in [0.2, 0.25) is 0 Å². The molecule has 0 heterocycles. The second-order valence-corrected chi connectivity index (χ2v) is 4.78. The van der Waals surface area contributed by atoms with Crippen LogP contribution >= 0.6 is 0 Å². The minimum Gasteiger partial charge on any atom is -0.395 e. The van der Waals surface area contributed by atoms with E-state index in [0.717, 1.165) is 19.6 Å². The fourth-order valence-electron chi connectivity index (χ4n) is 2.00. The summed E-state index contributed by atoms with van der Waals surface area (Å²) in [6.45, 7) is 9.53. The Morgan fingerprint density at radius 2 is 1.94 bits per heavy atom. The molecule has 0 aliphatic carbocycles. The normalized spacial score (nSPS) is 11.1. The molecule has 1 N–H and O–H groups in total. The van der Waals surface area contributed by atoms with E-state index in [1.165, 1.54) is 29.5 Å². The van der Waals surface area contributed by atoms with Gasteiger partial charge in [-0.3, -0.25) is 4.90 Å². The van der Waals surface area contributed by atoms with Crippen LogP contribution in [-0.2, 0) is 6.54 Å². The highest BCUT2D eigenvalue weighted by atomic mass is 16.3. The minimum absolute atomic E-state index is 0.245. The van der Waals surface area contributed by atoms with Crippen molar-refractivity contribution < 1.29 is 5.11 Å². The first-order valence-corrected chi connectivity index (χ1v) is 6.56. The van der Waals surface area contributed by atoms with Crippen LogP contribution in [0.3, 0.4) is 0 Å². The number of hydrogen-bond acceptors (Lipinski definition) is 2. The summed E-state index contributed by atoms with van der Waals surface area (Å²) in [6, 6.07) is 6.59. The molecule has 0 spiro atoms. The maximum Gasteiger partial charge on any atom is 0.0558 e. The molecule has 2 heteroatoms. The fourth-order valence-corrected chi connectivity index (χ4v) is 2.00. The predicted octanol–water partition coefficient (Wildman–Crippen LogP) is 2.90. The van der Waals surface area contributed by atoms with Gasteiger partial charge in [-0.05, 0) is 37.9 Å². The Balaban J connectivity index is 2.67. The average Bonchev–Trinajstić information content (AvgIpc) is 2.31. The zero-order chi connectivity index (χ0) is 12.7. The summed E-state index contributed by atoms with van der Waals surface area (Å²) in [6.07, 6.45) is 2.40. The van der Waals surface area contributed by atoms with Gasteiger partial charge in [-0.25, -0.2) is 0 Å². The Morgan fingerprint density at radius 1 is 1.18 bits per heavy atom. The maximum atomic E-state index is 9.10. The first-order chi connectivity index (χ1) is 8.17. The van der Waals surface area contributed by atoms with Crippen LogP contribution in [-0.4, -0.2) is 29.7 Å². The number of rotatable bonds is 7. The Morgan fingerprint density at radius 3 is 2.59 bits per heavy atom. The van der Waals surface area contributed by atoms with Crippen molar-refractivity contribution in [3.05, 3.63) is 34.9 Å². The van der Waals surface area contributed by atoms with E-state index < -0.39 is 0 Å². The SMILES string of the molecule is CCCCN(CCO)Cc1cc(C)ccc1C. The van der Waals surface area contributed by atoms with Gasteiger partial charge in [0.1, 0.15) is 0 Å². The highest BCUT2D eigenvalue weighted by Crippen LogP contribution is 2.13. The van der Waals surface area contributed by atoms with Gasteiger partial charge in [0.2, 0.25) is 0 Å². The molecular weight excluding hydrogens is 210 g/mol. The third kappa shape index (κ3) is 4.88. The highest BCUT2D eigenvalue weighted by Gasteiger charge is 2.07. The van der Waals surface area contributed by atoms with Gasteiger partial charge in [-0.2, -0.15) is 0 Å². The van der Waals surface area contributed by atoms with Crippen molar-refractivity contribution in [3.63, 3.8) is 0 Å². The van der Waals surface area contributed by atoms with Crippen molar-refractivity contribution in [3.8, 4) is 0 Å². The molecule has 0 radical (unpaired) electrons. The lowest BCUT2D eigenvalue weighted by atomic mass is 10.1. The number of aryl methyl sites for hydroxylation is 2. The van der Waals surface area contributed by atoms with E-state index >= 15 is 0 Å². The molecule has 0 unspecified atom stereocenters. The summed E-state index contributed by atoms with van der Waals surface area (Å²) in [5.74, 6) is 0. The summed E-state index contributed by atoms with van der Waals surface area (Å²) in [5, 5.41) is 9.10. The van der Waals surface area contributed by atoms with Gasteiger partial charge >= 0.3 is 0 Å². The van der Waals surface area contributed by atoms with E-state index in [9.17, 15) is 0 Å². The van der Waals surface area contributed by atoms with Crippen LogP contribution < -0.4 is 0 Å². The molecule has 17 heavy (non-hydrogen) atoms. The zero-order valence-electron chi connectivity index (χ0n) is 11.4. The lowest BCUT2D eigenvalue weighted by Crippen LogP contribution is -2.27. The number of hydrogen-bond donors (Lipinski definition) is 1. The molecule has 2 nitrogen and oxygen atoms in total. The van der Waals surface area contributed by atoms with Crippen LogP contribution in [0.25, 0.3) is 0 Å². The fraction of sp³-hybridized carbons (Fsp3) is 0.600. The number of aliphatic hydroxyl groups excluding tert-OH is 1. The molecule has 1 aromatic carbocycles. The third-order valence-electron chi connectivity index (χ3n) is 3.14. The molecule has 0 saturated carbocycles. The van der Waals surface area contributed by atoms with E-state index in [1.807, 2.05) is 0 Å². The van der Waals surface area contributed by atoms with E-state index in [-0.39, 0.29) is 6.61 Å². The Bertz CT molecular complexity index is 336. The number of nitrogens with zero attached hydrogens (tertiary/aromatic N) is 1. The van der Waals surface area contributed by atoms with Gasteiger partial charge in [-0.15, -0.1) is 0 Å². The summed E-state index contributed by atoms with van der Waals surface area (Å²) < 4.78 is 0. The lowest BCUT2D eigenvalue weighted by Gasteiger charge is -2.22. The molecule has 0 atom stereocenters. The molecular formula is C15H25NO. The van der Waals surface area contributed by atoms with E-state index in [2.05, 4.69) is 43.9 Å². The topological polar surface area (TPSA) is 23.5 Å². The first-order valence-electron chi connectivity index (χ1n) is 6.56.